The third-order valence-corrected chi connectivity index (χ3v) is 6.59. The summed E-state index contributed by atoms with van der Waals surface area (Å²) < 4.78 is 0. The third-order valence-electron chi connectivity index (χ3n) is 6.59. The van der Waals surface area contributed by atoms with Gasteiger partial charge in [-0.3, -0.25) is 9.79 Å². The fraction of sp³-hybridized carbons (Fsp3) is 0.900. The maximum absolute atomic E-state index is 12.6. The van der Waals surface area contributed by atoms with Gasteiger partial charge in [-0.05, 0) is 37.5 Å². The molecule has 0 aromatic heterocycles. The van der Waals surface area contributed by atoms with E-state index in [1.807, 2.05) is 7.05 Å². The van der Waals surface area contributed by atoms with Crippen LogP contribution in [0.4, 0.5) is 0 Å². The third kappa shape index (κ3) is 5.73. The first-order valence-corrected chi connectivity index (χ1v) is 10.4. The number of carbonyl (C=O) groups excluding carboxylic acids is 1. The Hall–Kier alpha value is -0.530. The molecule has 0 aromatic carbocycles. The van der Waals surface area contributed by atoms with Crippen LogP contribution >= 0.6 is 24.0 Å². The number of hydrogen-bond donors (Lipinski definition) is 2. The van der Waals surface area contributed by atoms with E-state index in [-0.39, 0.29) is 24.0 Å². The van der Waals surface area contributed by atoms with Crippen molar-refractivity contribution in [2.45, 2.75) is 70.8 Å². The van der Waals surface area contributed by atoms with Crippen LogP contribution in [0.1, 0.15) is 64.7 Å². The Bertz CT molecular complexity index is 478. The maximum Gasteiger partial charge on any atom is 0.225 e. The van der Waals surface area contributed by atoms with Gasteiger partial charge in [0.05, 0.1) is 0 Å². The summed E-state index contributed by atoms with van der Waals surface area (Å²) in [6.45, 7) is 5.11. The zero-order valence-electron chi connectivity index (χ0n) is 16.5. The van der Waals surface area contributed by atoms with Crippen molar-refractivity contribution >= 4 is 35.8 Å². The van der Waals surface area contributed by atoms with Gasteiger partial charge in [-0.15, -0.1) is 24.0 Å². The Labute approximate surface area is 176 Å². The molecule has 3 fully saturated rings. The second-order valence-electron chi connectivity index (χ2n) is 8.37. The Balaban J connectivity index is 0.00000243. The molecule has 0 radical (unpaired) electrons. The smallest absolute Gasteiger partial charge is 0.225 e. The van der Waals surface area contributed by atoms with Crippen LogP contribution in [0.25, 0.3) is 0 Å². The highest BCUT2D eigenvalue weighted by Gasteiger charge is 2.32. The maximum atomic E-state index is 12.6. The van der Waals surface area contributed by atoms with Gasteiger partial charge in [0.2, 0.25) is 5.91 Å². The summed E-state index contributed by atoms with van der Waals surface area (Å²) in [5, 5.41) is 7.07. The van der Waals surface area contributed by atoms with Gasteiger partial charge in [0.15, 0.2) is 5.96 Å². The number of hydrogen-bond acceptors (Lipinski definition) is 2. The van der Waals surface area contributed by atoms with Gasteiger partial charge < -0.3 is 15.5 Å². The number of halogens is 1. The molecule has 150 valence electrons. The molecular formula is C20H37IN4O. The van der Waals surface area contributed by atoms with Crippen molar-refractivity contribution < 1.29 is 4.79 Å². The minimum Gasteiger partial charge on any atom is -0.356 e. The Morgan fingerprint density at radius 2 is 1.77 bits per heavy atom. The lowest BCUT2D eigenvalue weighted by Gasteiger charge is -2.29. The molecule has 3 atom stereocenters. The fourth-order valence-electron chi connectivity index (χ4n) is 4.82. The summed E-state index contributed by atoms with van der Waals surface area (Å²) in [5.74, 6) is 3.16. The molecule has 3 aliphatic rings. The van der Waals surface area contributed by atoms with Crippen LogP contribution in [0.5, 0.6) is 0 Å². The number of aliphatic imine (C=N–C) groups is 1. The largest absolute Gasteiger partial charge is 0.356 e. The Morgan fingerprint density at radius 3 is 2.46 bits per heavy atom. The number of nitrogens with zero attached hydrogens (tertiary/aromatic N) is 2. The number of guanidine groups is 1. The zero-order valence-corrected chi connectivity index (χ0v) is 18.8. The normalized spacial score (nSPS) is 30.2. The van der Waals surface area contributed by atoms with Crippen molar-refractivity contribution in [2.24, 2.45) is 22.7 Å². The second-order valence-corrected chi connectivity index (χ2v) is 8.37. The van der Waals surface area contributed by atoms with E-state index >= 15 is 0 Å². The van der Waals surface area contributed by atoms with Gasteiger partial charge in [-0.25, -0.2) is 0 Å². The molecule has 1 saturated heterocycles. The molecule has 2 aliphatic carbocycles. The van der Waals surface area contributed by atoms with Crippen LogP contribution in [0, 0.1) is 17.8 Å². The molecule has 3 unspecified atom stereocenters. The van der Waals surface area contributed by atoms with Gasteiger partial charge in [-0.2, -0.15) is 0 Å². The van der Waals surface area contributed by atoms with Crippen LogP contribution in [0.15, 0.2) is 4.99 Å². The van der Waals surface area contributed by atoms with Crippen LogP contribution in [-0.2, 0) is 4.79 Å². The van der Waals surface area contributed by atoms with Crippen molar-refractivity contribution in [3.8, 4) is 0 Å². The van der Waals surface area contributed by atoms with Gasteiger partial charge in [-0.1, -0.05) is 39.0 Å². The van der Waals surface area contributed by atoms with Gasteiger partial charge in [0, 0.05) is 38.6 Å². The quantitative estimate of drug-likeness (QED) is 0.372. The molecular weight excluding hydrogens is 439 g/mol. The summed E-state index contributed by atoms with van der Waals surface area (Å²) in [4.78, 5) is 19.0. The zero-order chi connectivity index (χ0) is 17.6. The van der Waals surface area contributed by atoms with E-state index in [2.05, 4.69) is 27.4 Å². The molecule has 3 rings (SSSR count). The number of amides is 1. The molecule has 6 heteroatoms. The summed E-state index contributed by atoms with van der Waals surface area (Å²) in [5.41, 5.74) is 0. The Morgan fingerprint density at radius 1 is 1.08 bits per heavy atom. The Kier molecular flexibility index (Phi) is 8.97. The predicted octanol–water partition coefficient (Wildman–Crippen LogP) is 3.39. The van der Waals surface area contributed by atoms with Crippen molar-refractivity contribution in [3.05, 3.63) is 0 Å². The number of likely N-dealkylation sites (tertiary alicyclic amines) is 1. The molecule has 0 bridgehead atoms. The molecule has 0 spiro atoms. The van der Waals surface area contributed by atoms with Crippen molar-refractivity contribution in [1.82, 2.24) is 15.5 Å². The van der Waals surface area contributed by atoms with E-state index in [9.17, 15) is 4.79 Å². The molecule has 1 aliphatic heterocycles. The lowest BCUT2D eigenvalue weighted by molar-refractivity contribution is -0.134. The fourth-order valence-corrected chi connectivity index (χ4v) is 4.82. The molecule has 5 nitrogen and oxygen atoms in total. The lowest BCUT2D eigenvalue weighted by Crippen LogP contribution is -2.47. The number of carbonyl (C=O) groups is 1. The first kappa shape index (κ1) is 21.8. The summed E-state index contributed by atoms with van der Waals surface area (Å²) in [6, 6.07) is 0.334. The van der Waals surface area contributed by atoms with E-state index in [1.54, 1.807) is 0 Å². The average Bonchev–Trinajstić information content (AvgIpc) is 3.31. The van der Waals surface area contributed by atoms with E-state index in [4.69, 9.17) is 0 Å². The monoisotopic (exact) mass is 476 g/mol. The van der Waals surface area contributed by atoms with E-state index in [1.165, 1.54) is 38.5 Å². The van der Waals surface area contributed by atoms with Crippen LogP contribution in [0.2, 0.25) is 0 Å². The van der Waals surface area contributed by atoms with Crippen molar-refractivity contribution in [2.75, 3.05) is 26.7 Å². The molecule has 0 aromatic rings. The lowest BCUT2D eigenvalue weighted by atomic mass is 9.80. The highest BCUT2D eigenvalue weighted by Crippen LogP contribution is 2.29. The second kappa shape index (κ2) is 10.7. The molecule has 1 amide bonds. The first-order valence-electron chi connectivity index (χ1n) is 10.4. The first-order chi connectivity index (χ1) is 12.2. The number of rotatable bonds is 4. The minimum atomic E-state index is 0. The summed E-state index contributed by atoms with van der Waals surface area (Å²) >= 11 is 0. The van der Waals surface area contributed by atoms with Crippen LogP contribution < -0.4 is 10.6 Å². The molecule has 1 heterocycles. The van der Waals surface area contributed by atoms with Gasteiger partial charge in [0.1, 0.15) is 0 Å². The average molecular weight is 476 g/mol. The van der Waals surface area contributed by atoms with Crippen LogP contribution in [-0.4, -0.2) is 49.5 Å². The van der Waals surface area contributed by atoms with Gasteiger partial charge in [0.25, 0.3) is 0 Å². The summed E-state index contributed by atoms with van der Waals surface area (Å²) in [6.07, 6.45) is 11.1. The van der Waals surface area contributed by atoms with E-state index < -0.39 is 0 Å². The highest BCUT2D eigenvalue weighted by molar-refractivity contribution is 14.0. The van der Waals surface area contributed by atoms with Crippen LogP contribution in [0.3, 0.4) is 0 Å². The van der Waals surface area contributed by atoms with Crippen molar-refractivity contribution in [1.29, 1.82) is 0 Å². The van der Waals surface area contributed by atoms with Crippen molar-refractivity contribution in [3.63, 3.8) is 0 Å². The molecule has 2 saturated carbocycles. The highest BCUT2D eigenvalue weighted by atomic mass is 127. The van der Waals surface area contributed by atoms with E-state index in [0.29, 0.717) is 17.9 Å². The summed E-state index contributed by atoms with van der Waals surface area (Å²) in [7, 11) is 1.84. The molecule has 26 heavy (non-hydrogen) atoms. The van der Waals surface area contributed by atoms with Gasteiger partial charge >= 0.3 is 0 Å². The predicted molar refractivity (Wildman–Crippen MR) is 118 cm³/mol. The topological polar surface area (TPSA) is 56.7 Å². The number of nitrogens with one attached hydrogen (secondary N) is 2. The SMILES string of the molecule is CN=C(NCC1CCCCC1C)NC1CCN(C(=O)C2CCCC2)C1.I. The minimum absolute atomic E-state index is 0. The standard InChI is InChI=1S/C20H36N4O.HI/c1-15-7-3-4-10-17(15)13-22-20(21-2)23-18-11-12-24(14-18)19(25)16-8-5-6-9-16;/h15-18H,3-14H2,1-2H3,(H2,21,22,23);1H. The van der Waals surface area contributed by atoms with E-state index in [0.717, 1.165) is 56.7 Å². The molecule has 2 N–H and O–H groups in total.